The van der Waals surface area contributed by atoms with E-state index >= 15 is 0 Å². The lowest BCUT2D eigenvalue weighted by atomic mass is 10.1. The lowest BCUT2D eigenvalue weighted by Gasteiger charge is -2.13. The molecule has 1 aromatic heterocycles. The summed E-state index contributed by atoms with van der Waals surface area (Å²) in [6, 6.07) is 14.3. The van der Waals surface area contributed by atoms with Crippen LogP contribution >= 0.6 is 0 Å². The van der Waals surface area contributed by atoms with Crippen LogP contribution in [0.3, 0.4) is 0 Å². The standard InChI is InChI=1S/C21H23N3O5S/c1-14(2)19-18(20(25)24(23(19)3)16-8-6-5-7-9-16)22-30(27,28)17-12-10-15(11-13-17)21(26)29-4/h5-14,22H,1-4H3. The first-order valence-electron chi connectivity index (χ1n) is 9.26. The van der Waals surface area contributed by atoms with Crippen LogP contribution in [0.15, 0.2) is 64.3 Å². The second kappa shape index (κ2) is 8.19. The molecule has 0 amide bonds. The second-order valence-corrected chi connectivity index (χ2v) is 8.69. The second-order valence-electron chi connectivity index (χ2n) is 7.01. The van der Waals surface area contributed by atoms with Crippen LogP contribution in [0.1, 0.15) is 35.8 Å². The summed E-state index contributed by atoms with van der Waals surface area (Å²) in [5.41, 5.74) is 0.930. The van der Waals surface area contributed by atoms with Crippen molar-refractivity contribution in [2.45, 2.75) is 24.7 Å². The maximum Gasteiger partial charge on any atom is 0.337 e. The number of sulfonamides is 1. The van der Waals surface area contributed by atoms with Crippen LogP contribution in [0.5, 0.6) is 0 Å². The number of carbonyl (C=O) groups is 1. The van der Waals surface area contributed by atoms with Gasteiger partial charge in [0.05, 0.1) is 29.0 Å². The molecule has 0 radical (unpaired) electrons. The molecule has 0 saturated carbocycles. The summed E-state index contributed by atoms with van der Waals surface area (Å²) in [4.78, 5) is 24.7. The highest BCUT2D eigenvalue weighted by Gasteiger charge is 2.26. The van der Waals surface area contributed by atoms with Crippen molar-refractivity contribution in [3.8, 4) is 5.69 Å². The molecular weight excluding hydrogens is 406 g/mol. The molecule has 0 aliphatic heterocycles. The van der Waals surface area contributed by atoms with Crippen LogP contribution in [-0.2, 0) is 21.8 Å². The van der Waals surface area contributed by atoms with Crippen molar-refractivity contribution in [3.63, 3.8) is 0 Å². The number of hydrogen-bond acceptors (Lipinski definition) is 5. The van der Waals surface area contributed by atoms with E-state index in [0.29, 0.717) is 11.4 Å². The Morgan fingerprint density at radius 2 is 1.63 bits per heavy atom. The van der Waals surface area contributed by atoms with Gasteiger partial charge in [0.2, 0.25) is 0 Å². The Hall–Kier alpha value is -3.33. The predicted octanol–water partition coefficient (Wildman–Crippen LogP) is 2.89. The molecule has 0 bridgehead atoms. The van der Waals surface area contributed by atoms with Crippen LogP contribution in [0.4, 0.5) is 5.69 Å². The molecule has 30 heavy (non-hydrogen) atoms. The van der Waals surface area contributed by atoms with Gasteiger partial charge in [-0.2, -0.15) is 0 Å². The Bertz CT molecular complexity index is 1220. The van der Waals surface area contributed by atoms with E-state index in [4.69, 9.17) is 0 Å². The van der Waals surface area contributed by atoms with Gasteiger partial charge in [-0.25, -0.2) is 17.9 Å². The monoisotopic (exact) mass is 429 g/mol. The summed E-state index contributed by atoms with van der Waals surface area (Å²) in [7, 11) is -1.10. The van der Waals surface area contributed by atoms with E-state index in [1.165, 1.54) is 36.1 Å². The number of aromatic nitrogens is 2. The smallest absolute Gasteiger partial charge is 0.337 e. The van der Waals surface area contributed by atoms with Crippen molar-refractivity contribution in [2.24, 2.45) is 7.05 Å². The molecule has 9 heteroatoms. The number of rotatable bonds is 6. The molecule has 0 aliphatic carbocycles. The molecule has 158 valence electrons. The third-order valence-electron chi connectivity index (χ3n) is 4.68. The van der Waals surface area contributed by atoms with E-state index in [1.54, 1.807) is 36.0 Å². The molecule has 1 heterocycles. The summed E-state index contributed by atoms with van der Waals surface area (Å²) in [6.45, 7) is 3.76. The maximum absolute atomic E-state index is 13.2. The first-order chi connectivity index (χ1) is 14.2. The maximum atomic E-state index is 13.2. The third-order valence-corrected chi connectivity index (χ3v) is 6.05. The third kappa shape index (κ3) is 3.88. The summed E-state index contributed by atoms with van der Waals surface area (Å²) >= 11 is 0. The first-order valence-corrected chi connectivity index (χ1v) is 10.7. The van der Waals surface area contributed by atoms with E-state index in [2.05, 4.69) is 9.46 Å². The molecule has 0 unspecified atom stereocenters. The van der Waals surface area contributed by atoms with Crippen LogP contribution < -0.4 is 10.3 Å². The number of esters is 1. The van der Waals surface area contributed by atoms with E-state index < -0.39 is 21.6 Å². The average molecular weight is 429 g/mol. The van der Waals surface area contributed by atoms with Gasteiger partial charge in [-0.05, 0) is 42.3 Å². The van der Waals surface area contributed by atoms with Gasteiger partial charge < -0.3 is 4.74 Å². The average Bonchev–Trinajstić information content (AvgIpc) is 2.97. The lowest BCUT2D eigenvalue weighted by molar-refractivity contribution is 0.0600. The molecule has 3 rings (SSSR count). The number of benzene rings is 2. The molecule has 0 saturated heterocycles. The number of carbonyl (C=O) groups excluding carboxylic acids is 1. The summed E-state index contributed by atoms with van der Waals surface area (Å²) in [5.74, 6) is -0.685. The van der Waals surface area contributed by atoms with Crippen molar-refractivity contribution in [1.82, 2.24) is 9.36 Å². The number of nitrogens with one attached hydrogen (secondary N) is 1. The van der Waals surface area contributed by atoms with Gasteiger partial charge in [-0.15, -0.1) is 0 Å². The van der Waals surface area contributed by atoms with Gasteiger partial charge in [0.15, 0.2) is 0 Å². The van der Waals surface area contributed by atoms with Gasteiger partial charge in [-0.1, -0.05) is 32.0 Å². The zero-order chi connectivity index (χ0) is 22.1. The Labute approximate surface area is 174 Å². The minimum absolute atomic E-state index is 0.00611. The molecule has 0 aliphatic rings. The highest BCUT2D eigenvalue weighted by molar-refractivity contribution is 7.92. The van der Waals surface area contributed by atoms with Crippen LogP contribution in [0, 0.1) is 0 Å². The largest absolute Gasteiger partial charge is 0.465 e. The molecule has 1 N–H and O–H groups in total. The first kappa shape index (κ1) is 21.4. The van der Waals surface area contributed by atoms with E-state index in [9.17, 15) is 18.0 Å². The Morgan fingerprint density at radius 1 is 1.03 bits per heavy atom. The number of hydrogen-bond donors (Lipinski definition) is 1. The molecule has 2 aromatic carbocycles. The summed E-state index contributed by atoms with van der Waals surface area (Å²) in [6.07, 6.45) is 0. The van der Waals surface area contributed by atoms with Crippen molar-refractivity contribution in [1.29, 1.82) is 0 Å². The highest BCUT2D eigenvalue weighted by Crippen LogP contribution is 2.25. The Kier molecular flexibility index (Phi) is 5.84. The Morgan fingerprint density at radius 3 is 2.17 bits per heavy atom. The number of methoxy groups -OCH3 is 1. The van der Waals surface area contributed by atoms with Crippen LogP contribution in [-0.4, -0.2) is 30.9 Å². The van der Waals surface area contributed by atoms with Crippen molar-refractivity contribution >= 4 is 21.7 Å². The normalized spacial score (nSPS) is 11.5. The zero-order valence-electron chi connectivity index (χ0n) is 17.1. The highest BCUT2D eigenvalue weighted by atomic mass is 32.2. The molecule has 3 aromatic rings. The summed E-state index contributed by atoms with van der Waals surface area (Å²) < 4.78 is 36.1. The van der Waals surface area contributed by atoms with E-state index in [0.717, 1.165) is 0 Å². The van der Waals surface area contributed by atoms with Gasteiger partial charge in [0, 0.05) is 7.05 Å². The predicted molar refractivity (Wildman–Crippen MR) is 114 cm³/mol. The number of nitrogens with zero attached hydrogens (tertiary/aromatic N) is 2. The fourth-order valence-electron chi connectivity index (χ4n) is 3.32. The minimum atomic E-state index is -4.06. The van der Waals surface area contributed by atoms with E-state index in [1.807, 2.05) is 19.9 Å². The zero-order valence-corrected chi connectivity index (χ0v) is 17.9. The van der Waals surface area contributed by atoms with Crippen molar-refractivity contribution in [3.05, 3.63) is 76.2 Å². The molecular formula is C21H23N3O5S. The minimum Gasteiger partial charge on any atom is -0.465 e. The number of para-hydroxylation sites is 1. The fraction of sp³-hybridized carbons (Fsp3) is 0.238. The van der Waals surface area contributed by atoms with E-state index in [-0.39, 0.29) is 22.1 Å². The quantitative estimate of drug-likeness (QED) is 0.608. The van der Waals surface area contributed by atoms with Crippen molar-refractivity contribution < 1.29 is 17.9 Å². The molecule has 0 atom stereocenters. The fourth-order valence-corrected chi connectivity index (χ4v) is 4.39. The van der Waals surface area contributed by atoms with Gasteiger partial charge in [0.1, 0.15) is 5.69 Å². The number of ether oxygens (including phenoxy) is 1. The van der Waals surface area contributed by atoms with Crippen LogP contribution in [0.25, 0.3) is 5.69 Å². The molecule has 0 fully saturated rings. The Balaban J connectivity index is 2.08. The van der Waals surface area contributed by atoms with Gasteiger partial charge in [-0.3, -0.25) is 14.2 Å². The summed E-state index contributed by atoms with van der Waals surface area (Å²) in [5, 5.41) is 0. The van der Waals surface area contributed by atoms with Gasteiger partial charge >= 0.3 is 5.97 Å². The molecule has 0 spiro atoms. The lowest BCUT2D eigenvalue weighted by Crippen LogP contribution is -2.23. The topological polar surface area (TPSA) is 99.4 Å². The van der Waals surface area contributed by atoms with Gasteiger partial charge in [0.25, 0.3) is 15.6 Å². The van der Waals surface area contributed by atoms with Crippen molar-refractivity contribution in [2.75, 3.05) is 11.8 Å². The molecule has 8 nitrogen and oxygen atoms in total. The van der Waals surface area contributed by atoms with Crippen LogP contribution in [0.2, 0.25) is 0 Å². The SMILES string of the molecule is COC(=O)c1ccc(S(=O)(=O)Nc2c(C(C)C)n(C)n(-c3ccccc3)c2=O)cc1. The number of anilines is 1.